The number of aromatic nitrogens is 1. The number of hydrogen-bond acceptors (Lipinski definition) is 3. The number of benzene rings is 2. The summed E-state index contributed by atoms with van der Waals surface area (Å²) < 4.78 is 0.761. The minimum atomic E-state index is -0.254. The van der Waals surface area contributed by atoms with Crippen LogP contribution in [-0.4, -0.2) is 10.9 Å². The smallest absolute Gasteiger partial charge is 0.250 e. The van der Waals surface area contributed by atoms with Gasteiger partial charge in [0.25, 0.3) is 0 Å². The second kappa shape index (κ2) is 6.48. The Balaban J connectivity index is 1.78. The molecule has 0 saturated carbocycles. The molecule has 2 aromatic carbocycles. The number of nitrogens with one attached hydrogen (secondary N) is 1. The number of anilines is 1. The van der Waals surface area contributed by atoms with Crippen LogP contribution in [0.4, 0.5) is 5.13 Å². The first-order chi connectivity index (χ1) is 10.6. The number of carbonyl (C=O) groups is 1. The molecule has 0 unspecified atom stereocenters. The van der Waals surface area contributed by atoms with Gasteiger partial charge in [-0.3, -0.25) is 10.1 Å². The molecule has 1 aromatic heterocycles. The van der Waals surface area contributed by atoms with Crippen LogP contribution in [0.3, 0.4) is 0 Å². The number of fused-ring (bicyclic) bond motifs is 1. The highest BCUT2D eigenvalue weighted by atomic mass is 35.5. The molecule has 0 aliphatic carbocycles. The van der Waals surface area contributed by atoms with Crippen molar-refractivity contribution in [3.63, 3.8) is 0 Å². The number of hydrogen-bond donors (Lipinski definition) is 1. The van der Waals surface area contributed by atoms with Crippen LogP contribution < -0.4 is 5.32 Å². The lowest BCUT2D eigenvalue weighted by molar-refractivity contribution is -0.111. The summed E-state index contributed by atoms with van der Waals surface area (Å²) in [6, 6.07) is 13.0. The Kier molecular flexibility index (Phi) is 4.43. The molecule has 3 nitrogen and oxygen atoms in total. The third-order valence-electron chi connectivity index (χ3n) is 2.90. The van der Waals surface area contributed by atoms with Gasteiger partial charge in [-0.05, 0) is 23.8 Å². The third-order valence-corrected chi connectivity index (χ3v) is 4.64. The lowest BCUT2D eigenvalue weighted by atomic mass is 10.2. The molecule has 0 radical (unpaired) electrons. The molecule has 0 aliphatic rings. The molecule has 22 heavy (non-hydrogen) atoms. The molecular weight excluding hydrogens is 339 g/mol. The van der Waals surface area contributed by atoms with E-state index in [9.17, 15) is 4.79 Å². The van der Waals surface area contributed by atoms with Gasteiger partial charge in [-0.2, -0.15) is 0 Å². The number of halogens is 2. The van der Waals surface area contributed by atoms with Crippen LogP contribution >= 0.6 is 34.5 Å². The predicted molar refractivity (Wildman–Crippen MR) is 93.7 cm³/mol. The topological polar surface area (TPSA) is 42.0 Å². The second-order valence-electron chi connectivity index (χ2n) is 4.46. The molecule has 1 heterocycles. The van der Waals surface area contributed by atoms with E-state index in [1.54, 1.807) is 18.2 Å². The zero-order valence-electron chi connectivity index (χ0n) is 11.2. The van der Waals surface area contributed by atoms with Crippen molar-refractivity contribution < 1.29 is 4.79 Å². The molecular formula is C16H10Cl2N2OS. The van der Waals surface area contributed by atoms with Gasteiger partial charge in [-0.25, -0.2) is 4.98 Å². The Bertz CT molecular complexity index is 820. The quantitative estimate of drug-likeness (QED) is 0.656. The molecule has 0 saturated heterocycles. The summed E-state index contributed by atoms with van der Waals surface area (Å²) >= 11 is 13.5. The van der Waals surface area contributed by atoms with Crippen molar-refractivity contribution in [1.82, 2.24) is 4.98 Å². The number of carbonyl (C=O) groups excluding carboxylic acids is 1. The Hall–Kier alpha value is -1.88. The summed E-state index contributed by atoms with van der Waals surface area (Å²) in [4.78, 5) is 16.2. The standard InChI is InChI=1S/C16H10Cl2N2OS/c17-11-7-8-12(18)15-14(11)20-16(22-15)19-13(21)9-6-10-4-2-1-3-5-10/h1-9H,(H,19,20,21)/b9-6+. The highest BCUT2D eigenvalue weighted by molar-refractivity contribution is 7.23. The van der Waals surface area contributed by atoms with E-state index < -0.39 is 0 Å². The van der Waals surface area contributed by atoms with Gasteiger partial charge < -0.3 is 0 Å². The summed E-state index contributed by atoms with van der Waals surface area (Å²) in [7, 11) is 0. The molecule has 0 atom stereocenters. The van der Waals surface area contributed by atoms with Gasteiger partial charge in [0.2, 0.25) is 5.91 Å². The van der Waals surface area contributed by atoms with E-state index in [0.717, 1.165) is 10.3 Å². The van der Waals surface area contributed by atoms with E-state index in [4.69, 9.17) is 23.2 Å². The maximum absolute atomic E-state index is 11.9. The highest BCUT2D eigenvalue weighted by Crippen LogP contribution is 2.35. The fourth-order valence-corrected chi connectivity index (χ4v) is 3.31. The summed E-state index contributed by atoms with van der Waals surface area (Å²) in [5.74, 6) is -0.254. The molecule has 6 heteroatoms. The van der Waals surface area contributed by atoms with Crippen molar-refractivity contribution in [3.8, 4) is 0 Å². The Morgan fingerprint density at radius 2 is 1.82 bits per heavy atom. The van der Waals surface area contributed by atoms with E-state index in [1.165, 1.54) is 17.4 Å². The average molecular weight is 349 g/mol. The van der Waals surface area contributed by atoms with E-state index in [1.807, 2.05) is 30.3 Å². The van der Waals surface area contributed by atoms with Crippen molar-refractivity contribution in [2.75, 3.05) is 5.32 Å². The van der Waals surface area contributed by atoms with Gasteiger partial charge in [0.1, 0.15) is 5.52 Å². The Labute approximate surface area is 141 Å². The fourth-order valence-electron chi connectivity index (χ4n) is 1.88. The van der Waals surface area contributed by atoms with E-state index in [2.05, 4.69) is 10.3 Å². The lowest BCUT2D eigenvalue weighted by Crippen LogP contribution is -2.07. The van der Waals surface area contributed by atoms with Gasteiger partial charge >= 0.3 is 0 Å². The van der Waals surface area contributed by atoms with Crippen molar-refractivity contribution >= 4 is 61.9 Å². The van der Waals surface area contributed by atoms with Gasteiger partial charge in [-0.1, -0.05) is 64.9 Å². The van der Waals surface area contributed by atoms with Crippen molar-refractivity contribution in [2.45, 2.75) is 0 Å². The maximum Gasteiger partial charge on any atom is 0.250 e. The van der Waals surface area contributed by atoms with Crippen LogP contribution in [-0.2, 0) is 4.79 Å². The summed E-state index contributed by atoms with van der Waals surface area (Å²) in [5.41, 5.74) is 1.55. The largest absolute Gasteiger partial charge is 0.298 e. The molecule has 3 rings (SSSR count). The molecule has 0 aliphatic heterocycles. The molecule has 0 bridgehead atoms. The first-order valence-corrected chi connectivity index (χ1v) is 7.99. The van der Waals surface area contributed by atoms with Gasteiger partial charge in [0, 0.05) is 6.08 Å². The fraction of sp³-hybridized carbons (Fsp3) is 0. The summed E-state index contributed by atoms with van der Waals surface area (Å²) in [6.07, 6.45) is 3.20. The number of thiazole rings is 1. The lowest BCUT2D eigenvalue weighted by Gasteiger charge is -1.95. The number of amides is 1. The van der Waals surface area contributed by atoms with E-state index in [-0.39, 0.29) is 5.91 Å². The van der Waals surface area contributed by atoms with Crippen LogP contribution in [0, 0.1) is 0 Å². The average Bonchev–Trinajstić information content (AvgIpc) is 2.95. The van der Waals surface area contributed by atoms with Crippen molar-refractivity contribution in [2.24, 2.45) is 0 Å². The van der Waals surface area contributed by atoms with E-state index in [0.29, 0.717) is 20.7 Å². The molecule has 0 spiro atoms. The molecule has 1 N–H and O–H groups in total. The van der Waals surface area contributed by atoms with Crippen LogP contribution in [0.25, 0.3) is 16.3 Å². The minimum absolute atomic E-state index is 0.254. The van der Waals surface area contributed by atoms with Crippen LogP contribution in [0.1, 0.15) is 5.56 Å². The minimum Gasteiger partial charge on any atom is -0.298 e. The van der Waals surface area contributed by atoms with Crippen LogP contribution in [0.2, 0.25) is 10.0 Å². The van der Waals surface area contributed by atoms with Crippen molar-refractivity contribution in [3.05, 3.63) is 64.1 Å². The molecule has 1 amide bonds. The van der Waals surface area contributed by atoms with Gasteiger partial charge in [-0.15, -0.1) is 0 Å². The SMILES string of the molecule is O=C(/C=C/c1ccccc1)Nc1nc2c(Cl)ccc(Cl)c2s1. The van der Waals surface area contributed by atoms with E-state index >= 15 is 0 Å². The Morgan fingerprint density at radius 3 is 2.55 bits per heavy atom. The summed E-state index contributed by atoms with van der Waals surface area (Å²) in [6.45, 7) is 0. The predicted octanol–water partition coefficient (Wildman–Crippen LogP) is 5.26. The monoisotopic (exact) mass is 348 g/mol. The molecule has 3 aromatic rings. The van der Waals surface area contributed by atoms with Crippen LogP contribution in [0.15, 0.2) is 48.5 Å². The maximum atomic E-state index is 11.9. The van der Waals surface area contributed by atoms with Crippen LogP contribution in [0.5, 0.6) is 0 Å². The normalized spacial score (nSPS) is 11.2. The second-order valence-corrected chi connectivity index (χ2v) is 6.27. The zero-order chi connectivity index (χ0) is 15.5. The van der Waals surface area contributed by atoms with Gasteiger partial charge in [0.15, 0.2) is 5.13 Å². The number of rotatable bonds is 3. The third kappa shape index (κ3) is 3.30. The first kappa shape index (κ1) is 15.0. The summed E-state index contributed by atoms with van der Waals surface area (Å²) in [5, 5.41) is 4.26. The number of nitrogens with zero attached hydrogens (tertiary/aromatic N) is 1. The Morgan fingerprint density at radius 1 is 1.09 bits per heavy atom. The van der Waals surface area contributed by atoms with Crippen molar-refractivity contribution in [1.29, 1.82) is 0 Å². The molecule has 110 valence electrons. The first-order valence-electron chi connectivity index (χ1n) is 6.42. The molecule has 0 fully saturated rings. The van der Waals surface area contributed by atoms with Gasteiger partial charge in [0.05, 0.1) is 14.7 Å². The zero-order valence-corrected chi connectivity index (χ0v) is 13.5. The highest BCUT2D eigenvalue weighted by Gasteiger charge is 2.11.